The zero-order valence-electron chi connectivity index (χ0n) is 13.2. The van der Waals surface area contributed by atoms with Crippen molar-refractivity contribution in [1.29, 1.82) is 5.26 Å². The molecule has 2 aromatic rings. The molecular weight excluding hydrogens is 308 g/mol. The van der Waals surface area contributed by atoms with Crippen LogP contribution in [0.15, 0.2) is 18.2 Å². The van der Waals surface area contributed by atoms with Gasteiger partial charge >= 0.3 is 0 Å². The first kappa shape index (κ1) is 15.6. The standard InChI is InChI=1S/C18H18N2O2S/c1-11-3-5-14-17(7-11)23-18(20-14)13(10-19)8-12-4-6-15(21)16(9-12)22-2/h4,6,8-9,11,21H,3,5,7H2,1-2H3/b13-8+. The summed E-state index contributed by atoms with van der Waals surface area (Å²) in [5, 5.41) is 19.9. The van der Waals surface area contributed by atoms with E-state index in [1.165, 1.54) is 12.0 Å². The fraction of sp³-hybridized carbons (Fsp3) is 0.333. The lowest BCUT2D eigenvalue weighted by Gasteiger charge is -2.15. The van der Waals surface area contributed by atoms with Crippen molar-refractivity contribution in [1.82, 2.24) is 4.98 Å². The van der Waals surface area contributed by atoms with Crippen molar-refractivity contribution in [3.8, 4) is 17.6 Å². The molecule has 0 saturated carbocycles. The lowest BCUT2D eigenvalue weighted by molar-refractivity contribution is 0.373. The van der Waals surface area contributed by atoms with Crippen LogP contribution < -0.4 is 4.74 Å². The molecule has 1 unspecified atom stereocenters. The monoisotopic (exact) mass is 326 g/mol. The van der Waals surface area contributed by atoms with Gasteiger partial charge in [-0.3, -0.25) is 0 Å². The molecule has 0 fully saturated rings. The molecule has 118 valence electrons. The van der Waals surface area contributed by atoms with Gasteiger partial charge in [-0.1, -0.05) is 13.0 Å². The average Bonchev–Trinajstić information content (AvgIpc) is 2.96. The molecule has 1 aliphatic rings. The quantitative estimate of drug-likeness (QED) is 0.864. The number of aromatic nitrogens is 1. The molecular formula is C18H18N2O2S. The number of allylic oxidation sites excluding steroid dienone is 1. The van der Waals surface area contributed by atoms with Crippen molar-refractivity contribution in [2.45, 2.75) is 26.2 Å². The van der Waals surface area contributed by atoms with E-state index in [9.17, 15) is 10.4 Å². The lowest BCUT2D eigenvalue weighted by atomic mass is 9.93. The molecule has 3 rings (SSSR count). The molecule has 0 spiro atoms. The van der Waals surface area contributed by atoms with Crippen molar-refractivity contribution < 1.29 is 9.84 Å². The number of benzene rings is 1. The fourth-order valence-corrected chi connectivity index (χ4v) is 3.98. The topological polar surface area (TPSA) is 66.1 Å². The van der Waals surface area contributed by atoms with Gasteiger partial charge in [-0.25, -0.2) is 4.98 Å². The maximum Gasteiger partial charge on any atom is 0.161 e. The first-order chi connectivity index (χ1) is 11.1. The van der Waals surface area contributed by atoms with E-state index < -0.39 is 0 Å². The Bertz CT molecular complexity index is 802. The van der Waals surface area contributed by atoms with Crippen molar-refractivity contribution in [2.75, 3.05) is 7.11 Å². The van der Waals surface area contributed by atoms with Gasteiger partial charge in [0.05, 0.1) is 18.4 Å². The molecule has 0 amide bonds. The molecule has 1 N–H and O–H groups in total. The first-order valence-electron chi connectivity index (χ1n) is 7.58. The number of rotatable bonds is 3. The summed E-state index contributed by atoms with van der Waals surface area (Å²) in [7, 11) is 1.50. The Labute approximate surface area is 139 Å². The maximum atomic E-state index is 9.66. The van der Waals surface area contributed by atoms with Gasteiger partial charge in [0.1, 0.15) is 11.1 Å². The summed E-state index contributed by atoms with van der Waals surface area (Å²) in [4.78, 5) is 5.97. The van der Waals surface area contributed by atoms with Gasteiger partial charge in [0.15, 0.2) is 11.5 Å². The Morgan fingerprint density at radius 3 is 3.09 bits per heavy atom. The molecule has 5 heteroatoms. The molecule has 1 aromatic carbocycles. The van der Waals surface area contributed by atoms with Crippen LogP contribution >= 0.6 is 11.3 Å². The average molecular weight is 326 g/mol. The molecule has 1 atom stereocenters. The number of nitrogens with zero attached hydrogens (tertiary/aromatic N) is 2. The number of hydrogen-bond donors (Lipinski definition) is 1. The van der Waals surface area contributed by atoms with E-state index in [1.807, 2.05) is 0 Å². The number of phenolic OH excluding ortho intramolecular Hbond substituents is 1. The molecule has 0 aliphatic heterocycles. The number of methoxy groups -OCH3 is 1. The highest BCUT2D eigenvalue weighted by Crippen LogP contribution is 2.34. The normalized spacial score (nSPS) is 17.4. The van der Waals surface area contributed by atoms with Crippen LogP contribution in [0.1, 0.15) is 34.5 Å². The van der Waals surface area contributed by atoms with E-state index in [0.717, 1.165) is 35.5 Å². The molecule has 23 heavy (non-hydrogen) atoms. The number of hydrogen-bond acceptors (Lipinski definition) is 5. The lowest BCUT2D eigenvalue weighted by Crippen LogP contribution is -2.09. The van der Waals surface area contributed by atoms with Gasteiger partial charge in [-0.15, -0.1) is 11.3 Å². The number of phenols is 1. The number of aryl methyl sites for hydroxylation is 1. The third-order valence-electron chi connectivity index (χ3n) is 4.05. The van der Waals surface area contributed by atoms with Crippen molar-refractivity contribution in [3.05, 3.63) is 39.3 Å². The van der Waals surface area contributed by atoms with E-state index >= 15 is 0 Å². The highest BCUT2D eigenvalue weighted by molar-refractivity contribution is 7.13. The van der Waals surface area contributed by atoms with Gasteiger partial charge in [0, 0.05) is 4.88 Å². The Kier molecular flexibility index (Phi) is 4.35. The van der Waals surface area contributed by atoms with E-state index in [0.29, 0.717) is 17.2 Å². The molecule has 1 aliphatic carbocycles. The number of nitriles is 1. The number of ether oxygens (including phenoxy) is 1. The molecule has 0 bridgehead atoms. The van der Waals surface area contributed by atoms with Crippen LogP contribution in [0.4, 0.5) is 0 Å². The van der Waals surface area contributed by atoms with Crippen molar-refractivity contribution in [2.24, 2.45) is 5.92 Å². The first-order valence-corrected chi connectivity index (χ1v) is 8.40. The predicted molar refractivity (Wildman–Crippen MR) is 91.4 cm³/mol. The van der Waals surface area contributed by atoms with Gasteiger partial charge < -0.3 is 9.84 Å². The Morgan fingerprint density at radius 2 is 2.35 bits per heavy atom. The zero-order valence-corrected chi connectivity index (χ0v) is 14.0. The molecule has 1 aromatic heterocycles. The Morgan fingerprint density at radius 1 is 1.52 bits per heavy atom. The van der Waals surface area contributed by atoms with Gasteiger partial charge in [-0.05, 0) is 49.0 Å². The van der Waals surface area contributed by atoms with Crippen molar-refractivity contribution >= 4 is 23.0 Å². The Balaban J connectivity index is 1.95. The summed E-state index contributed by atoms with van der Waals surface area (Å²) in [6.07, 6.45) is 5.00. The van der Waals surface area contributed by atoms with Crippen molar-refractivity contribution in [3.63, 3.8) is 0 Å². The molecule has 1 heterocycles. The minimum atomic E-state index is 0.0851. The molecule has 4 nitrogen and oxygen atoms in total. The third kappa shape index (κ3) is 3.22. The smallest absolute Gasteiger partial charge is 0.161 e. The Hall–Kier alpha value is -2.32. The van der Waals surface area contributed by atoms with E-state index in [2.05, 4.69) is 18.0 Å². The van der Waals surface area contributed by atoms with E-state index in [-0.39, 0.29) is 5.75 Å². The van der Waals surface area contributed by atoms with Crippen LogP contribution in [0.25, 0.3) is 11.6 Å². The van der Waals surface area contributed by atoms with Crippen LogP contribution in [-0.2, 0) is 12.8 Å². The van der Waals surface area contributed by atoms with Crippen LogP contribution in [0.2, 0.25) is 0 Å². The summed E-state index contributed by atoms with van der Waals surface area (Å²) >= 11 is 1.62. The van der Waals surface area contributed by atoms with Gasteiger partial charge in [0.25, 0.3) is 0 Å². The third-order valence-corrected chi connectivity index (χ3v) is 5.20. The largest absolute Gasteiger partial charge is 0.504 e. The predicted octanol–water partition coefficient (Wildman–Crippen LogP) is 4.05. The maximum absolute atomic E-state index is 9.66. The minimum absolute atomic E-state index is 0.0851. The zero-order chi connectivity index (χ0) is 16.4. The summed E-state index contributed by atoms with van der Waals surface area (Å²) in [5.41, 5.74) is 2.50. The van der Waals surface area contributed by atoms with E-state index in [4.69, 9.17) is 4.74 Å². The summed E-state index contributed by atoms with van der Waals surface area (Å²) < 4.78 is 5.11. The van der Waals surface area contributed by atoms with Crippen LogP contribution in [0.3, 0.4) is 0 Å². The number of aromatic hydroxyl groups is 1. The van der Waals surface area contributed by atoms with Crippen LogP contribution in [0, 0.1) is 17.2 Å². The summed E-state index contributed by atoms with van der Waals surface area (Å²) in [6, 6.07) is 7.27. The summed E-state index contributed by atoms with van der Waals surface area (Å²) in [6.45, 7) is 2.26. The molecule has 0 radical (unpaired) electrons. The second-order valence-corrected chi connectivity index (χ2v) is 6.92. The van der Waals surface area contributed by atoms with E-state index in [1.54, 1.807) is 35.6 Å². The van der Waals surface area contributed by atoms with Gasteiger partial charge in [-0.2, -0.15) is 5.26 Å². The second kappa shape index (κ2) is 6.43. The second-order valence-electron chi connectivity index (χ2n) is 5.84. The van der Waals surface area contributed by atoms with Crippen LogP contribution in [0.5, 0.6) is 11.5 Å². The van der Waals surface area contributed by atoms with Crippen LogP contribution in [-0.4, -0.2) is 17.2 Å². The fourth-order valence-electron chi connectivity index (χ4n) is 2.75. The summed E-state index contributed by atoms with van der Waals surface area (Å²) in [5.74, 6) is 1.16. The molecule has 0 saturated heterocycles. The highest BCUT2D eigenvalue weighted by Gasteiger charge is 2.21. The number of fused-ring (bicyclic) bond motifs is 1. The minimum Gasteiger partial charge on any atom is -0.504 e. The highest BCUT2D eigenvalue weighted by atomic mass is 32.1. The van der Waals surface area contributed by atoms with Gasteiger partial charge in [0.2, 0.25) is 0 Å². The number of thiazole rings is 1. The SMILES string of the molecule is COc1cc(/C=C(\C#N)c2nc3c(s2)CC(C)CC3)ccc1O.